The molecule has 1 atom stereocenters. The molecule has 1 fully saturated rings. The lowest BCUT2D eigenvalue weighted by Crippen LogP contribution is -2.31. The summed E-state index contributed by atoms with van der Waals surface area (Å²) in [5.41, 5.74) is 0.642. The number of amides is 1. The van der Waals surface area contributed by atoms with E-state index >= 15 is 0 Å². The fraction of sp³-hybridized carbons (Fsp3) is 0.467. The van der Waals surface area contributed by atoms with Crippen LogP contribution in [0.2, 0.25) is 0 Å². The van der Waals surface area contributed by atoms with Gasteiger partial charge in [0.1, 0.15) is 5.82 Å². The summed E-state index contributed by atoms with van der Waals surface area (Å²) in [4.78, 5) is 25.3. The second kappa shape index (κ2) is 5.85. The summed E-state index contributed by atoms with van der Waals surface area (Å²) in [7, 11) is 0. The molecule has 0 bridgehead atoms. The van der Waals surface area contributed by atoms with E-state index in [9.17, 15) is 14.0 Å². The Kier molecular flexibility index (Phi) is 4.08. The van der Waals surface area contributed by atoms with Crippen molar-refractivity contribution < 1.29 is 18.7 Å². The predicted molar refractivity (Wildman–Crippen MR) is 79.0 cm³/mol. The molecule has 1 unspecified atom stereocenters. The number of halogens is 2. The van der Waals surface area contributed by atoms with Gasteiger partial charge in [-0.1, -0.05) is 0 Å². The van der Waals surface area contributed by atoms with Crippen LogP contribution in [0.25, 0.3) is 0 Å². The summed E-state index contributed by atoms with van der Waals surface area (Å²) in [6.07, 6.45) is 3.96. The molecule has 0 radical (unpaired) electrons. The van der Waals surface area contributed by atoms with Crippen molar-refractivity contribution in [3.8, 4) is 0 Å². The highest BCUT2D eigenvalue weighted by Gasteiger charge is 2.36. The fourth-order valence-electron chi connectivity index (χ4n) is 2.86. The van der Waals surface area contributed by atoms with Crippen LogP contribution in [0.4, 0.5) is 10.1 Å². The minimum Gasteiger partial charge on any atom is -0.378 e. The molecule has 2 heterocycles. The molecular weight excluding hydrogens is 341 g/mol. The smallest absolute Gasteiger partial charge is 0.299 e. The number of hydrogen-bond acceptors (Lipinski definition) is 3. The Balaban J connectivity index is 1.72. The van der Waals surface area contributed by atoms with Gasteiger partial charge in [0.15, 0.2) is 0 Å². The Hall–Kier alpha value is -1.27. The largest absolute Gasteiger partial charge is 0.378 e. The van der Waals surface area contributed by atoms with Crippen molar-refractivity contribution >= 4 is 33.3 Å². The lowest BCUT2D eigenvalue weighted by Gasteiger charge is -2.17. The van der Waals surface area contributed by atoms with Crippen molar-refractivity contribution in [2.75, 3.05) is 18.1 Å². The molecule has 1 saturated heterocycles. The molecule has 0 saturated carbocycles. The quantitative estimate of drug-likeness (QED) is 0.779. The average Bonchev–Trinajstić information content (AvgIpc) is 3.04. The van der Waals surface area contributed by atoms with Crippen LogP contribution < -0.4 is 4.90 Å². The van der Waals surface area contributed by atoms with E-state index in [0.29, 0.717) is 12.2 Å². The number of nitrogens with zero attached hydrogens (tertiary/aromatic N) is 1. The number of Topliss-reactive ketones (excluding diaryl/α,β-unsaturated/α-hetero) is 1. The van der Waals surface area contributed by atoms with Gasteiger partial charge in [-0.25, -0.2) is 4.39 Å². The Labute approximate surface area is 130 Å². The first-order chi connectivity index (χ1) is 10.1. The monoisotopic (exact) mass is 355 g/mol. The lowest BCUT2D eigenvalue weighted by atomic mass is 10.1. The zero-order valence-corrected chi connectivity index (χ0v) is 13.0. The van der Waals surface area contributed by atoms with Gasteiger partial charge >= 0.3 is 0 Å². The lowest BCUT2D eigenvalue weighted by molar-refractivity contribution is -0.114. The zero-order chi connectivity index (χ0) is 15.0. The number of fused-ring (bicyclic) bond motifs is 1. The molecule has 6 heteroatoms. The van der Waals surface area contributed by atoms with Crippen LogP contribution in [-0.2, 0) is 9.53 Å². The first kappa shape index (κ1) is 14.7. The Morgan fingerprint density at radius 2 is 2.19 bits per heavy atom. The van der Waals surface area contributed by atoms with Gasteiger partial charge in [-0.3, -0.25) is 9.59 Å². The third kappa shape index (κ3) is 2.74. The van der Waals surface area contributed by atoms with Crippen molar-refractivity contribution in [1.29, 1.82) is 0 Å². The summed E-state index contributed by atoms with van der Waals surface area (Å²) in [5.74, 6) is -1.61. The topological polar surface area (TPSA) is 46.6 Å². The van der Waals surface area contributed by atoms with Crippen molar-refractivity contribution in [2.45, 2.75) is 31.8 Å². The molecule has 4 nitrogen and oxygen atoms in total. The maximum absolute atomic E-state index is 13.7. The van der Waals surface area contributed by atoms with Crippen molar-refractivity contribution in [2.24, 2.45) is 0 Å². The van der Waals surface area contributed by atoms with Crippen LogP contribution in [0.15, 0.2) is 16.6 Å². The molecule has 1 aromatic rings. The molecule has 0 N–H and O–H groups in total. The van der Waals surface area contributed by atoms with Crippen LogP contribution in [0, 0.1) is 5.82 Å². The summed E-state index contributed by atoms with van der Waals surface area (Å²) >= 11 is 3.04. The number of carbonyl (C=O) groups excluding carboxylic acids is 2. The highest BCUT2D eigenvalue weighted by molar-refractivity contribution is 9.10. The van der Waals surface area contributed by atoms with E-state index in [0.717, 1.165) is 32.3 Å². The predicted octanol–water partition coefficient (Wildman–Crippen LogP) is 3.08. The summed E-state index contributed by atoms with van der Waals surface area (Å²) in [5, 5.41) is 0. The van der Waals surface area contributed by atoms with Crippen LogP contribution in [0.1, 0.15) is 36.0 Å². The SMILES string of the molecule is O=C1C(=O)N(CCCC2CCCO2)c2cc(F)c(Br)cc21. The maximum Gasteiger partial charge on any atom is 0.299 e. The summed E-state index contributed by atoms with van der Waals surface area (Å²) in [6.45, 7) is 1.21. The Bertz CT molecular complexity index is 599. The molecule has 112 valence electrons. The van der Waals surface area contributed by atoms with Gasteiger partial charge in [-0.2, -0.15) is 0 Å². The van der Waals surface area contributed by atoms with Gasteiger partial charge < -0.3 is 9.64 Å². The van der Waals surface area contributed by atoms with Crippen LogP contribution in [0.3, 0.4) is 0 Å². The van der Waals surface area contributed by atoms with Crippen molar-refractivity contribution in [1.82, 2.24) is 0 Å². The minimum absolute atomic E-state index is 0.198. The van der Waals surface area contributed by atoms with Gasteiger partial charge in [0.05, 0.1) is 21.8 Å². The molecule has 1 amide bonds. The van der Waals surface area contributed by atoms with Gasteiger partial charge in [-0.05, 0) is 53.7 Å². The molecule has 1 aromatic carbocycles. The fourth-order valence-corrected chi connectivity index (χ4v) is 3.20. The maximum atomic E-state index is 13.7. The second-order valence-electron chi connectivity index (χ2n) is 5.35. The van der Waals surface area contributed by atoms with Crippen LogP contribution in [0.5, 0.6) is 0 Å². The van der Waals surface area contributed by atoms with E-state index in [1.807, 2.05) is 0 Å². The van der Waals surface area contributed by atoms with E-state index in [-0.39, 0.29) is 16.1 Å². The average molecular weight is 356 g/mol. The third-order valence-corrected chi connectivity index (χ3v) is 4.55. The zero-order valence-electron chi connectivity index (χ0n) is 11.4. The molecule has 2 aliphatic heterocycles. The van der Waals surface area contributed by atoms with Crippen LogP contribution >= 0.6 is 15.9 Å². The van der Waals surface area contributed by atoms with Crippen molar-refractivity contribution in [3.05, 3.63) is 28.0 Å². The van der Waals surface area contributed by atoms with Crippen LogP contribution in [-0.4, -0.2) is 30.9 Å². The highest BCUT2D eigenvalue weighted by atomic mass is 79.9. The number of benzene rings is 1. The van der Waals surface area contributed by atoms with Gasteiger partial charge in [-0.15, -0.1) is 0 Å². The number of carbonyl (C=O) groups is 2. The molecule has 0 aliphatic carbocycles. The molecule has 3 rings (SSSR count). The first-order valence-electron chi connectivity index (χ1n) is 7.05. The van der Waals surface area contributed by atoms with Crippen molar-refractivity contribution in [3.63, 3.8) is 0 Å². The Morgan fingerprint density at radius 3 is 2.90 bits per heavy atom. The summed E-state index contributed by atoms with van der Waals surface area (Å²) in [6, 6.07) is 2.62. The number of ether oxygens (including phenoxy) is 1. The standard InChI is InChI=1S/C15H15BrFNO3/c16-11-7-10-13(8-12(11)17)18(15(20)14(10)19)5-1-3-9-4-2-6-21-9/h7-9H,1-6H2. The Morgan fingerprint density at radius 1 is 1.38 bits per heavy atom. The molecule has 21 heavy (non-hydrogen) atoms. The second-order valence-corrected chi connectivity index (χ2v) is 6.20. The van der Waals surface area contributed by atoms with E-state index in [1.165, 1.54) is 17.0 Å². The van der Waals surface area contributed by atoms with E-state index < -0.39 is 17.5 Å². The molecule has 0 aromatic heterocycles. The van der Waals surface area contributed by atoms with Gasteiger partial charge in [0, 0.05) is 13.2 Å². The van der Waals surface area contributed by atoms with E-state index in [4.69, 9.17) is 4.74 Å². The van der Waals surface area contributed by atoms with E-state index in [1.54, 1.807) is 0 Å². The van der Waals surface area contributed by atoms with Gasteiger partial charge in [0.2, 0.25) is 0 Å². The third-order valence-electron chi connectivity index (χ3n) is 3.95. The first-order valence-corrected chi connectivity index (χ1v) is 7.84. The molecular formula is C15H15BrFNO3. The minimum atomic E-state index is -0.574. The number of hydrogen-bond donors (Lipinski definition) is 0. The van der Waals surface area contributed by atoms with E-state index in [2.05, 4.69) is 15.9 Å². The molecule has 2 aliphatic rings. The molecule has 0 spiro atoms. The summed E-state index contributed by atoms with van der Waals surface area (Å²) < 4.78 is 19.4. The number of ketones is 1. The number of rotatable bonds is 4. The number of anilines is 1. The normalized spacial score (nSPS) is 21.2. The van der Waals surface area contributed by atoms with Gasteiger partial charge in [0.25, 0.3) is 11.7 Å². The highest BCUT2D eigenvalue weighted by Crippen LogP contribution is 2.33.